The largest absolute Gasteiger partial charge is 0.455 e. The molecule has 0 aliphatic rings. The van der Waals surface area contributed by atoms with Gasteiger partial charge in [-0.25, -0.2) is 15.0 Å². The maximum Gasteiger partial charge on any atom is 0.165 e. The lowest BCUT2D eigenvalue weighted by Gasteiger charge is -2.10. The Morgan fingerprint density at radius 1 is 0.392 bits per heavy atom. The number of fused-ring (bicyclic) bond motifs is 9. The Hall–Kier alpha value is -6.21. The molecule has 0 saturated heterocycles. The van der Waals surface area contributed by atoms with E-state index >= 15 is 0 Å². The van der Waals surface area contributed by atoms with Crippen molar-refractivity contribution >= 4 is 85.0 Å². The fourth-order valence-corrected chi connectivity index (χ4v) is 9.74. The minimum atomic E-state index is 0.648. The third kappa shape index (κ3) is 4.47. The highest BCUT2D eigenvalue weighted by Gasteiger charge is 2.19. The summed E-state index contributed by atoms with van der Waals surface area (Å²) in [6.07, 6.45) is 0. The van der Waals surface area contributed by atoms with Gasteiger partial charge in [0.1, 0.15) is 11.2 Å². The molecule has 0 radical (unpaired) electrons. The first-order valence-corrected chi connectivity index (χ1v) is 18.5. The van der Waals surface area contributed by atoms with Gasteiger partial charge in [-0.15, -0.1) is 22.7 Å². The average Bonchev–Trinajstić information content (AvgIpc) is 3.89. The molecule has 0 unspecified atom stereocenters. The van der Waals surface area contributed by atoms with Crippen molar-refractivity contribution in [3.05, 3.63) is 152 Å². The summed E-state index contributed by atoms with van der Waals surface area (Å²) in [5.74, 6) is 1.97. The summed E-state index contributed by atoms with van der Waals surface area (Å²) < 4.78 is 11.4. The summed E-state index contributed by atoms with van der Waals surface area (Å²) in [6, 6.07) is 53.1. The Labute approximate surface area is 299 Å². The van der Waals surface area contributed by atoms with Gasteiger partial charge in [0, 0.05) is 73.4 Å². The summed E-state index contributed by atoms with van der Waals surface area (Å²) in [5.41, 5.74) is 6.96. The highest BCUT2D eigenvalue weighted by Crippen LogP contribution is 2.45. The Morgan fingerprint density at radius 3 is 1.94 bits per heavy atom. The number of benzene rings is 7. The SMILES string of the molecule is c1ccc(-c2nc(-c3ccc4sc5cccc(-c6cccc7c6oc6ccccc67)c5c4c3)nc(-c3cccc4c3sc3ccccc34)n2)cc1. The van der Waals surface area contributed by atoms with Crippen LogP contribution in [0.25, 0.3) is 108 Å². The Morgan fingerprint density at radius 2 is 1.04 bits per heavy atom. The normalized spacial score (nSPS) is 11.9. The van der Waals surface area contributed by atoms with E-state index in [4.69, 9.17) is 19.4 Å². The standard InChI is InChI=1S/C45H25N3OS2/c1-2-11-26(12-3-1)43-46-44(48-45(47-43)34-19-9-18-33-29-14-5-7-21-37(29)51-42(33)34)27-23-24-38-35(25-27)40-30(15-10-22-39(40)50-38)32-17-8-16-31-28-13-4-6-20-36(28)49-41(31)32/h1-25H. The van der Waals surface area contributed by atoms with Crippen LogP contribution in [0.4, 0.5) is 0 Å². The fraction of sp³-hybridized carbons (Fsp3) is 0. The van der Waals surface area contributed by atoms with Gasteiger partial charge >= 0.3 is 0 Å². The molecule has 11 rings (SSSR count). The van der Waals surface area contributed by atoms with Crippen LogP contribution in [0.5, 0.6) is 0 Å². The molecule has 51 heavy (non-hydrogen) atoms. The summed E-state index contributed by atoms with van der Waals surface area (Å²) >= 11 is 3.59. The van der Waals surface area contributed by atoms with E-state index in [0.717, 1.165) is 49.8 Å². The van der Waals surface area contributed by atoms with Crippen molar-refractivity contribution in [1.29, 1.82) is 0 Å². The van der Waals surface area contributed by atoms with Gasteiger partial charge in [-0.05, 0) is 48.0 Å². The zero-order chi connectivity index (χ0) is 33.5. The summed E-state index contributed by atoms with van der Waals surface area (Å²) in [6.45, 7) is 0. The smallest absolute Gasteiger partial charge is 0.165 e. The van der Waals surface area contributed by atoms with Crippen LogP contribution in [-0.2, 0) is 0 Å². The maximum atomic E-state index is 6.51. The molecule has 0 bridgehead atoms. The lowest BCUT2D eigenvalue weighted by Crippen LogP contribution is -2.00. The summed E-state index contributed by atoms with van der Waals surface area (Å²) in [7, 11) is 0. The lowest BCUT2D eigenvalue weighted by molar-refractivity contribution is 0.670. The monoisotopic (exact) mass is 687 g/mol. The van der Waals surface area contributed by atoms with Crippen molar-refractivity contribution in [2.75, 3.05) is 0 Å². The van der Waals surface area contributed by atoms with Gasteiger partial charge in [-0.2, -0.15) is 0 Å². The lowest BCUT2D eigenvalue weighted by atomic mass is 9.97. The van der Waals surface area contributed by atoms with Gasteiger partial charge in [0.15, 0.2) is 17.5 Å². The van der Waals surface area contributed by atoms with Crippen LogP contribution in [0.1, 0.15) is 0 Å². The van der Waals surface area contributed by atoms with Gasteiger partial charge in [-0.1, -0.05) is 109 Å². The molecule has 4 heterocycles. The molecule has 0 aliphatic heterocycles. The molecule has 6 heteroatoms. The van der Waals surface area contributed by atoms with E-state index in [1.165, 1.54) is 40.3 Å². The molecule has 0 amide bonds. The van der Waals surface area contributed by atoms with Crippen LogP contribution in [0, 0.1) is 0 Å². The van der Waals surface area contributed by atoms with E-state index in [9.17, 15) is 0 Å². The van der Waals surface area contributed by atoms with Crippen molar-refractivity contribution in [1.82, 2.24) is 15.0 Å². The van der Waals surface area contributed by atoms with Crippen molar-refractivity contribution in [2.24, 2.45) is 0 Å². The van der Waals surface area contributed by atoms with E-state index in [1.54, 1.807) is 22.7 Å². The van der Waals surface area contributed by atoms with Crippen LogP contribution in [0.2, 0.25) is 0 Å². The first-order valence-electron chi connectivity index (χ1n) is 16.9. The predicted molar refractivity (Wildman–Crippen MR) is 215 cm³/mol. The van der Waals surface area contributed by atoms with E-state index in [2.05, 4.69) is 121 Å². The van der Waals surface area contributed by atoms with Gasteiger partial charge in [-0.3, -0.25) is 0 Å². The van der Waals surface area contributed by atoms with E-state index in [-0.39, 0.29) is 0 Å². The molecular weight excluding hydrogens is 663 g/mol. The molecule has 0 saturated carbocycles. The third-order valence-electron chi connectivity index (χ3n) is 9.76. The number of thiophene rings is 2. The second kappa shape index (κ2) is 11.2. The number of aromatic nitrogens is 3. The molecule has 238 valence electrons. The second-order valence-electron chi connectivity index (χ2n) is 12.7. The number of rotatable bonds is 4. The van der Waals surface area contributed by atoms with Gasteiger partial charge in [0.2, 0.25) is 0 Å². The Kier molecular flexibility index (Phi) is 6.26. The number of furan rings is 1. The molecule has 4 aromatic heterocycles. The average molecular weight is 688 g/mol. The van der Waals surface area contributed by atoms with Crippen LogP contribution in [-0.4, -0.2) is 15.0 Å². The van der Waals surface area contributed by atoms with Crippen molar-refractivity contribution in [3.8, 4) is 45.3 Å². The topological polar surface area (TPSA) is 51.8 Å². The molecule has 0 atom stereocenters. The first kappa shape index (κ1) is 28.6. The molecular formula is C45H25N3OS2. The molecule has 7 aromatic carbocycles. The van der Waals surface area contributed by atoms with Crippen molar-refractivity contribution < 1.29 is 4.42 Å². The summed E-state index contributed by atoms with van der Waals surface area (Å²) in [4.78, 5) is 15.4. The number of hydrogen-bond acceptors (Lipinski definition) is 6. The molecule has 0 spiro atoms. The van der Waals surface area contributed by atoms with Crippen LogP contribution in [0.15, 0.2) is 156 Å². The minimum absolute atomic E-state index is 0.648. The molecule has 11 aromatic rings. The van der Waals surface area contributed by atoms with Gasteiger partial charge < -0.3 is 4.42 Å². The van der Waals surface area contributed by atoms with Crippen LogP contribution >= 0.6 is 22.7 Å². The highest BCUT2D eigenvalue weighted by atomic mass is 32.1. The molecule has 0 aliphatic carbocycles. The van der Waals surface area contributed by atoms with Crippen LogP contribution in [0.3, 0.4) is 0 Å². The predicted octanol–water partition coefficient (Wildman–Crippen LogP) is 13.2. The quantitative estimate of drug-likeness (QED) is 0.185. The third-order valence-corrected chi connectivity index (χ3v) is 12.1. The Balaban J connectivity index is 1.14. The van der Waals surface area contributed by atoms with Crippen molar-refractivity contribution in [3.63, 3.8) is 0 Å². The zero-order valence-corrected chi connectivity index (χ0v) is 28.6. The molecule has 0 N–H and O–H groups in total. The van der Waals surface area contributed by atoms with Crippen LogP contribution < -0.4 is 0 Å². The number of nitrogens with zero attached hydrogens (tertiary/aromatic N) is 3. The van der Waals surface area contributed by atoms with E-state index < -0.39 is 0 Å². The van der Waals surface area contributed by atoms with E-state index in [0.29, 0.717) is 17.5 Å². The zero-order valence-electron chi connectivity index (χ0n) is 27.0. The minimum Gasteiger partial charge on any atom is -0.455 e. The van der Waals surface area contributed by atoms with E-state index in [1.807, 2.05) is 30.3 Å². The van der Waals surface area contributed by atoms with Gasteiger partial charge in [0.25, 0.3) is 0 Å². The maximum absolute atomic E-state index is 6.51. The Bertz CT molecular complexity index is 3160. The summed E-state index contributed by atoms with van der Waals surface area (Å²) in [5, 5.41) is 7.10. The molecule has 4 nitrogen and oxygen atoms in total. The van der Waals surface area contributed by atoms with Gasteiger partial charge in [0.05, 0.1) is 0 Å². The highest BCUT2D eigenvalue weighted by molar-refractivity contribution is 7.26. The molecule has 0 fully saturated rings. The number of para-hydroxylation sites is 2. The fourth-order valence-electron chi connectivity index (χ4n) is 7.41. The first-order chi connectivity index (χ1) is 25.3. The van der Waals surface area contributed by atoms with Crippen molar-refractivity contribution in [2.45, 2.75) is 0 Å². The second-order valence-corrected chi connectivity index (χ2v) is 14.9. The number of hydrogen-bond donors (Lipinski definition) is 0.